The van der Waals surface area contributed by atoms with E-state index in [1.165, 1.54) is 9.58 Å². The van der Waals surface area contributed by atoms with Gasteiger partial charge in [0.25, 0.3) is 0 Å². The average Bonchev–Trinajstić information content (AvgIpc) is 3.13. The average molecular weight is 416 g/mol. The van der Waals surface area contributed by atoms with E-state index in [0.717, 1.165) is 16.7 Å². The fourth-order valence-corrected chi connectivity index (χ4v) is 4.83. The fraction of sp³-hybridized carbons (Fsp3) is 0.364. The van der Waals surface area contributed by atoms with Crippen molar-refractivity contribution in [2.75, 3.05) is 13.7 Å². The standard InChI is InChI=1S/C22H24O6S/c1-27-15-5-6-18-14(9-15)10-16(29-18)8-12-3-2-4-13(7-12)22-21(26)20(25)19(24)17(11-23)28-22/h2-7,9-10,17,19-26H,8,11H2,1H3/t17-,19-,20+,21-,22+/m1/s1. The molecule has 0 radical (unpaired) electrons. The van der Waals surface area contributed by atoms with Crippen molar-refractivity contribution >= 4 is 21.4 Å². The monoisotopic (exact) mass is 416 g/mol. The second kappa shape index (κ2) is 8.39. The van der Waals surface area contributed by atoms with Crippen LogP contribution >= 0.6 is 11.3 Å². The summed E-state index contributed by atoms with van der Waals surface area (Å²) in [6, 6.07) is 15.8. The predicted molar refractivity (Wildman–Crippen MR) is 110 cm³/mol. The van der Waals surface area contributed by atoms with Gasteiger partial charge in [-0.15, -0.1) is 11.3 Å². The smallest absolute Gasteiger partial charge is 0.119 e. The van der Waals surface area contributed by atoms with Crippen molar-refractivity contribution < 1.29 is 29.9 Å². The first-order valence-corrected chi connectivity index (χ1v) is 10.3. The second-order valence-electron chi connectivity index (χ2n) is 7.29. The summed E-state index contributed by atoms with van der Waals surface area (Å²) in [5.41, 5.74) is 1.74. The van der Waals surface area contributed by atoms with E-state index in [1.54, 1.807) is 18.4 Å². The maximum Gasteiger partial charge on any atom is 0.119 e. The van der Waals surface area contributed by atoms with Gasteiger partial charge < -0.3 is 29.9 Å². The number of hydrogen-bond donors (Lipinski definition) is 4. The van der Waals surface area contributed by atoms with Crippen molar-refractivity contribution in [1.82, 2.24) is 0 Å². The lowest BCUT2D eigenvalue weighted by atomic mass is 9.90. The van der Waals surface area contributed by atoms with Gasteiger partial charge in [-0.25, -0.2) is 0 Å². The molecule has 1 saturated heterocycles. The van der Waals surface area contributed by atoms with Crippen molar-refractivity contribution in [3.63, 3.8) is 0 Å². The van der Waals surface area contributed by atoms with Crippen molar-refractivity contribution in [2.45, 2.75) is 36.9 Å². The van der Waals surface area contributed by atoms with Crippen LogP contribution in [0, 0.1) is 0 Å². The molecular formula is C22H24O6S. The zero-order valence-electron chi connectivity index (χ0n) is 15.9. The summed E-state index contributed by atoms with van der Waals surface area (Å²) in [5.74, 6) is 0.825. The zero-order valence-corrected chi connectivity index (χ0v) is 16.7. The summed E-state index contributed by atoms with van der Waals surface area (Å²) in [5, 5.41) is 40.9. The molecule has 3 aromatic rings. The third-order valence-corrected chi connectivity index (χ3v) is 6.44. The number of ether oxygens (including phenoxy) is 2. The highest BCUT2D eigenvalue weighted by Gasteiger charge is 2.43. The highest BCUT2D eigenvalue weighted by molar-refractivity contribution is 7.19. The summed E-state index contributed by atoms with van der Waals surface area (Å²) < 4.78 is 12.1. The van der Waals surface area contributed by atoms with Crippen molar-refractivity contribution in [3.05, 3.63) is 64.5 Å². The first-order chi connectivity index (χ1) is 14.0. The maximum absolute atomic E-state index is 10.4. The van der Waals surface area contributed by atoms with Crippen molar-refractivity contribution in [2.24, 2.45) is 0 Å². The van der Waals surface area contributed by atoms with Crippen LogP contribution in [0.5, 0.6) is 5.75 Å². The summed E-state index contributed by atoms with van der Waals surface area (Å²) in [6.07, 6.45) is -5.04. The molecule has 2 aromatic carbocycles. The molecule has 0 bridgehead atoms. The Bertz CT molecular complexity index is 984. The highest BCUT2D eigenvalue weighted by Crippen LogP contribution is 2.34. The predicted octanol–water partition coefficient (Wildman–Crippen LogP) is 2.02. The first-order valence-electron chi connectivity index (χ1n) is 9.46. The Kier molecular flexibility index (Phi) is 5.87. The minimum atomic E-state index is -1.38. The van der Waals surface area contributed by atoms with E-state index < -0.39 is 37.1 Å². The Morgan fingerprint density at radius 1 is 1.00 bits per heavy atom. The number of fused-ring (bicyclic) bond motifs is 1. The molecule has 1 aliphatic heterocycles. The number of benzene rings is 2. The van der Waals surface area contributed by atoms with Gasteiger partial charge in [0, 0.05) is 16.0 Å². The van der Waals surface area contributed by atoms with Gasteiger partial charge in [-0.3, -0.25) is 0 Å². The Morgan fingerprint density at radius 2 is 1.83 bits per heavy atom. The van der Waals surface area contributed by atoms with Gasteiger partial charge in [0.05, 0.1) is 13.7 Å². The number of thiophene rings is 1. The molecule has 6 nitrogen and oxygen atoms in total. The fourth-order valence-electron chi connectivity index (χ4n) is 3.75. The molecule has 1 aliphatic rings. The SMILES string of the molecule is COc1ccc2sc(Cc3cccc([C@@H]4O[C@H](CO)[C@@H](O)[C@H](O)[C@H]4O)c3)cc2c1. The molecule has 154 valence electrons. The van der Waals surface area contributed by atoms with Crippen LogP contribution in [0.4, 0.5) is 0 Å². The molecule has 1 aromatic heterocycles. The summed E-state index contributed by atoms with van der Waals surface area (Å²) in [4.78, 5) is 1.19. The van der Waals surface area contributed by atoms with E-state index >= 15 is 0 Å². The largest absolute Gasteiger partial charge is 0.497 e. The third kappa shape index (κ3) is 4.02. The molecule has 0 amide bonds. The number of aliphatic hydroxyl groups excluding tert-OH is 4. The maximum atomic E-state index is 10.4. The molecule has 0 aliphatic carbocycles. The molecule has 7 heteroatoms. The van der Waals surface area contributed by atoms with E-state index in [-0.39, 0.29) is 0 Å². The molecule has 2 heterocycles. The van der Waals surface area contributed by atoms with Crippen LogP contribution in [-0.2, 0) is 11.2 Å². The Morgan fingerprint density at radius 3 is 2.59 bits per heavy atom. The van der Waals surface area contributed by atoms with Crippen LogP contribution in [0.3, 0.4) is 0 Å². The Balaban J connectivity index is 1.57. The number of methoxy groups -OCH3 is 1. The summed E-state index contributed by atoms with van der Waals surface area (Å²) >= 11 is 1.72. The lowest BCUT2D eigenvalue weighted by Gasteiger charge is -2.40. The van der Waals surface area contributed by atoms with Crippen LogP contribution < -0.4 is 4.74 Å². The molecule has 29 heavy (non-hydrogen) atoms. The lowest BCUT2D eigenvalue weighted by Crippen LogP contribution is -2.55. The van der Waals surface area contributed by atoms with Crippen LogP contribution in [0.25, 0.3) is 10.1 Å². The van der Waals surface area contributed by atoms with Gasteiger partial charge in [-0.1, -0.05) is 24.3 Å². The molecule has 1 fully saturated rings. The van der Waals surface area contributed by atoms with E-state index in [0.29, 0.717) is 12.0 Å². The van der Waals surface area contributed by atoms with Crippen LogP contribution in [-0.4, -0.2) is 58.6 Å². The normalized spacial score (nSPS) is 27.3. The molecule has 5 atom stereocenters. The third-order valence-electron chi connectivity index (χ3n) is 5.32. The number of aliphatic hydroxyl groups is 4. The first kappa shape index (κ1) is 20.3. The molecule has 0 saturated carbocycles. The molecule has 4 N–H and O–H groups in total. The van der Waals surface area contributed by atoms with Gasteiger partial charge in [0.1, 0.15) is 36.3 Å². The molecular weight excluding hydrogens is 392 g/mol. The topological polar surface area (TPSA) is 99.4 Å². The quantitative estimate of drug-likeness (QED) is 0.508. The second-order valence-corrected chi connectivity index (χ2v) is 8.46. The summed E-state index contributed by atoms with van der Waals surface area (Å²) in [6.45, 7) is -0.438. The summed E-state index contributed by atoms with van der Waals surface area (Å²) in [7, 11) is 1.65. The van der Waals surface area contributed by atoms with E-state index in [9.17, 15) is 20.4 Å². The van der Waals surface area contributed by atoms with Gasteiger partial charge in [0.2, 0.25) is 0 Å². The van der Waals surface area contributed by atoms with Crippen LogP contribution in [0.1, 0.15) is 22.1 Å². The highest BCUT2D eigenvalue weighted by atomic mass is 32.1. The van der Waals surface area contributed by atoms with E-state index in [4.69, 9.17) is 9.47 Å². The van der Waals surface area contributed by atoms with Crippen LogP contribution in [0.2, 0.25) is 0 Å². The number of hydrogen-bond acceptors (Lipinski definition) is 7. The van der Waals surface area contributed by atoms with Gasteiger partial charge in [-0.2, -0.15) is 0 Å². The van der Waals surface area contributed by atoms with Gasteiger partial charge in [0.15, 0.2) is 0 Å². The number of rotatable bonds is 5. The molecule has 4 rings (SSSR count). The zero-order chi connectivity index (χ0) is 20.5. The van der Waals surface area contributed by atoms with E-state index in [2.05, 4.69) is 6.07 Å². The van der Waals surface area contributed by atoms with Gasteiger partial charge in [-0.05, 0) is 40.8 Å². The Labute approximate surface area is 172 Å². The minimum absolute atomic E-state index is 0.438. The van der Waals surface area contributed by atoms with E-state index in [1.807, 2.05) is 42.5 Å². The molecule has 0 spiro atoms. The van der Waals surface area contributed by atoms with Crippen molar-refractivity contribution in [3.8, 4) is 5.75 Å². The van der Waals surface area contributed by atoms with Crippen molar-refractivity contribution in [1.29, 1.82) is 0 Å². The van der Waals surface area contributed by atoms with Crippen LogP contribution in [0.15, 0.2) is 48.5 Å². The molecule has 0 unspecified atom stereocenters. The van der Waals surface area contributed by atoms with Gasteiger partial charge >= 0.3 is 0 Å². The Hall–Kier alpha value is -2.00. The lowest BCUT2D eigenvalue weighted by molar-refractivity contribution is -0.231. The minimum Gasteiger partial charge on any atom is -0.497 e.